The Morgan fingerprint density at radius 1 is 1.15 bits per heavy atom. The van der Waals surface area contributed by atoms with Gasteiger partial charge in [0.25, 0.3) is 0 Å². The summed E-state index contributed by atoms with van der Waals surface area (Å²) in [5, 5.41) is 0. The van der Waals surface area contributed by atoms with Crippen molar-refractivity contribution in [2.75, 3.05) is 12.8 Å². The van der Waals surface area contributed by atoms with Gasteiger partial charge in [-0.15, -0.1) is 0 Å². The fourth-order valence-corrected chi connectivity index (χ4v) is 4.36. The lowest BCUT2D eigenvalue weighted by atomic mass is 10.3. The zero-order chi connectivity index (χ0) is 15.4. The summed E-state index contributed by atoms with van der Waals surface area (Å²) < 4.78 is 50.1. The standard InChI is InChI=1S/C12H18BrNO4S2/c1-3-4-5-8-14-20(17,18)12-9-10(19(2,15)16)6-7-11(12)13/h6-7,9,14H,3-5,8H2,1-2H3. The van der Waals surface area contributed by atoms with Crippen molar-refractivity contribution in [2.24, 2.45) is 0 Å². The molecule has 0 bridgehead atoms. The van der Waals surface area contributed by atoms with Gasteiger partial charge in [0.15, 0.2) is 9.84 Å². The molecule has 5 nitrogen and oxygen atoms in total. The molecule has 0 atom stereocenters. The van der Waals surface area contributed by atoms with Crippen molar-refractivity contribution in [1.29, 1.82) is 0 Å². The highest BCUT2D eigenvalue weighted by Crippen LogP contribution is 2.25. The van der Waals surface area contributed by atoms with Crippen LogP contribution in [0.4, 0.5) is 0 Å². The van der Waals surface area contributed by atoms with Crippen LogP contribution in [0.1, 0.15) is 26.2 Å². The topological polar surface area (TPSA) is 80.3 Å². The molecule has 20 heavy (non-hydrogen) atoms. The van der Waals surface area contributed by atoms with E-state index in [-0.39, 0.29) is 9.79 Å². The number of hydrogen-bond donors (Lipinski definition) is 1. The van der Waals surface area contributed by atoms with E-state index in [1.165, 1.54) is 18.2 Å². The molecule has 0 aliphatic carbocycles. The summed E-state index contributed by atoms with van der Waals surface area (Å²) in [7, 11) is -7.16. The molecule has 114 valence electrons. The number of halogens is 1. The Kier molecular flexibility index (Phi) is 6.18. The molecule has 0 saturated carbocycles. The molecule has 1 aromatic carbocycles. The average molecular weight is 384 g/mol. The minimum Gasteiger partial charge on any atom is -0.224 e. The molecule has 0 spiro atoms. The Hall–Kier alpha value is -0.440. The van der Waals surface area contributed by atoms with E-state index in [1.807, 2.05) is 6.92 Å². The lowest BCUT2D eigenvalue weighted by molar-refractivity contribution is 0.575. The molecule has 0 aliphatic rings. The monoisotopic (exact) mass is 383 g/mol. The van der Waals surface area contributed by atoms with Gasteiger partial charge in [-0.1, -0.05) is 19.8 Å². The van der Waals surface area contributed by atoms with E-state index in [9.17, 15) is 16.8 Å². The molecule has 0 fully saturated rings. The Morgan fingerprint density at radius 2 is 1.80 bits per heavy atom. The molecule has 0 heterocycles. The van der Waals surface area contributed by atoms with Crippen LogP contribution in [0.15, 0.2) is 32.5 Å². The van der Waals surface area contributed by atoms with E-state index in [1.54, 1.807) is 0 Å². The van der Waals surface area contributed by atoms with Crippen LogP contribution in [-0.4, -0.2) is 29.6 Å². The summed E-state index contributed by atoms with van der Waals surface area (Å²) in [6.45, 7) is 2.37. The van der Waals surface area contributed by atoms with E-state index >= 15 is 0 Å². The van der Waals surface area contributed by atoms with Gasteiger partial charge in [-0.05, 0) is 40.5 Å². The normalized spacial score (nSPS) is 12.6. The number of unbranched alkanes of at least 4 members (excludes halogenated alkanes) is 2. The third kappa shape index (κ3) is 4.83. The van der Waals surface area contributed by atoms with Gasteiger partial charge in [0.05, 0.1) is 9.79 Å². The van der Waals surface area contributed by atoms with Crippen molar-refractivity contribution < 1.29 is 16.8 Å². The van der Waals surface area contributed by atoms with Gasteiger partial charge in [0, 0.05) is 17.3 Å². The zero-order valence-corrected chi connectivity index (χ0v) is 14.6. The van der Waals surface area contributed by atoms with Crippen LogP contribution in [0.2, 0.25) is 0 Å². The second kappa shape index (κ2) is 7.02. The molecule has 1 aromatic rings. The fraction of sp³-hybridized carbons (Fsp3) is 0.500. The maximum Gasteiger partial charge on any atom is 0.241 e. The smallest absolute Gasteiger partial charge is 0.224 e. The van der Waals surface area contributed by atoms with E-state index in [0.717, 1.165) is 25.5 Å². The SMILES string of the molecule is CCCCCNS(=O)(=O)c1cc(S(C)(=O)=O)ccc1Br. The number of sulfone groups is 1. The molecule has 0 radical (unpaired) electrons. The zero-order valence-electron chi connectivity index (χ0n) is 11.4. The Morgan fingerprint density at radius 3 is 2.35 bits per heavy atom. The molecule has 0 aromatic heterocycles. The maximum absolute atomic E-state index is 12.2. The van der Waals surface area contributed by atoms with E-state index in [2.05, 4.69) is 20.7 Å². The van der Waals surface area contributed by atoms with Crippen LogP contribution in [0.25, 0.3) is 0 Å². The highest BCUT2D eigenvalue weighted by atomic mass is 79.9. The van der Waals surface area contributed by atoms with Crippen LogP contribution in [0.5, 0.6) is 0 Å². The predicted octanol–water partition coefficient (Wildman–Crippen LogP) is 2.32. The number of nitrogens with one attached hydrogen (secondary N) is 1. The second-order valence-electron chi connectivity index (χ2n) is 4.47. The fourth-order valence-electron chi connectivity index (χ4n) is 1.58. The molecular weight excluding hydrogens is 366 g/mol. The van der Waals surface area contributed by atoms with Crippen molar-refractivity contribution in [1.82, 2.24) is 4.72 Å². The minimum absolute atomic E-state index is 0.0189. The van der Waals surface area contributed by atoms with Gasteiger partial charge in [0.1, 0.15) is 0 Å². The molecule has 0 amide bonds. The number of hydrogen-bond acceptors (Lipinski definition) is 4. The molecule has 1 rings (SSSR count). The van der Waals surface area contributed by atoms with Crippen molar-refractivity contribution in [3.8, 4) is 0 Å². The lowest BCUT2D eigenvalue weighted by Gasteiger charge is -2.09. The van der Waals surface area contributed by atoms with Crippen molar-refractivity contribution in [3.05, 3.63) is 22.7 Å². The Balaban J connectivity index is 3.05. The van der Waals surface area contributed by atoms with E-state index < -0.39 is 19.9 Å². The van der Waals surface area contributed by atoms with E-state index in [0.29, 0.717) is 11.0 Å². The maximum atomic E-state index is 12.2. The van der Waals surface area contributed by atoms with Gasteiger partial charge in [-0.25, -0.2) is 21.6 Å². The quantitative estimate of drug-likeness (QED) is 0.732. The van der Waals surface area contributed by atoms with Gasteiger partial charge < -0.3 is 0 Å². The molecule has 8 heteroatoms. The highest BCUT2D eigenvalue weighted by molar-refractivity contribution is 9.10. The van der Waals surface area contributed by atoms with Gasteiger partial charge in [0.2, 0.25) is 10.0 Å². The van der Waals surface area contributed by atoms with Gasteiger partial charge in [-0.2, -0.15) is 0 Å². The van der Waals surface area contributed by atoms with Crippen LogP contribution in [-0.2, 0) is 19.9 Å². The van der Waals surface area contributed by atoms with Gasteiger partial charge >= 0.3 is 0 Å². The van der Waals surface area contributed by atoms with Crippen LogP contribution in [0.3, 0.4) is 0 Å². The van der Waals surface area contributed by atoms with Crippen LogP contribution < -0.4 is 4.72 Å². The van der Waals surface area contributed by atoms with Crippen molar-refractivity contribution >= 4 is 35.8 Å². The summed E-state index contributed by atoms with van der Waals surface area (Å²) in [4.78, 5) is -0.0773. The molecule has 1 N–H and O–H groups in total. The van der Waals surface area contributed by atoms with E-state index in [4.69, 9.17) is 0 Å². The number of benzene rings is 1. The summed E-state index contributed by atoms with van der Waals surface area (Å²) in [6.07, 6.45) is 3.72. The third-order valence-electron chi connectivity index (χ3n) is 2.69. The summed E-state index contributed by atoms with van der Waals surface area (Å²) in [5.41, 5.74) is 0. The van der Waals surface area contributed by atoms with Gasteiger partial charge in [-0.3, -0.25) is 0 Å². The summed E-state index contributed by atoms with van der Waals surface area (Å²) >= 11 is 3.14. The largest absolute Gasteiger partial charge is 0.241 e. The summed E-state index contributed by atoms with van der Waals surface area (Å²) in [6, 6.07) is 3.97. The number of sulfonamides is 1. The highest BCUT2D eigenvalue weighted by Gasteiger charge is 2.20. The molecular formula is C12H18BrNO4S2. The predicted molar refractivity (Wildman–Crippen MR) is 82.0 cm³/mol. The summed E-state index contributed by atoms with van der Waals surface area (Å²) in [5.74, 6) is 0. The van der Waals surface area contributed by atoms with Crippen LogP contribution >= 0.6 is 15.9 Å². The first-order valence-electron chi connectivity index (χ1n) is 6.17. The van der Waals surface area contributed by atoms with Crippen molar-refractivity contribution in [2.45, 2.75) is 36.0 Å². The lowest BCUT2D eigenvalue weighted by Crippen LogP contribution is -2.25. The Labute approximate surface area is 128 Å². The van der Waals surface area contributed by atoms with Crippen molar-refractivity contribution in [3.63, 3.8) is 0 Å². The second-order valence-corrected chi connectivity index (χ2v) is 9.07. The number of rotatable bonds is 7. The van der Waals surface area contributed by atoms with Crippen LogP contribution in [0, 0.1) is 0 Å². The minimum atomic E-state index is -3.72. The molecule has 0 aliphatic heterocycles. The third-order valence-corrected chi connectivity index (χ3v) is 6.26. The average Bonchev–Trinajstić information content (AvgIpc) is 2.33. The first kappa shape index (κ1) is 17.6. The Bertz CT molecular complexity index is 669. The first-order valence-corrected chi connectivity index (χ1v) is 10.3. The first-order chi connectivity index (χ1) is 9.18. The molecule has 0 unspecified atom stereocenters. The molecule has 0 saturated heterocycles.